The summed E-state index contributed by atoms with van der Waals surface area (Å²) < 4.78 is 18.1. The molecule has 0 rings (SSSR count). The van der Waals surface area contributed by atoms with Gasteiger partial charge in [-0.15, -0.1) is 0 Å². The van der Waals surface area contributed by atoms with E-state index < -0.39 is 6.87 Å². The molecule has 0 aromatic heterocycles. The molecule has 0 spiro atoms. The minimum atomic E-state index is -3.09. The third-order valence-electron chi connectivity index (χ3n) is 1.56. The van der Waals surface area contributed by atoms with E-state index in [-0.39, 0.29) is 12.1 Å². The number of hydrogen-bond acceptors (Lipinski definition) is 2. The van der Waals surface area contributed by atoms with Crippen LogP contribution in [0.25, 0.3) is 0 Å². The van der Waals surface area contributed by atoms with Crippen molar-refractivity contribution in [2.45, 2.75) is 39.8 Å². The molecule has 0 heterocycles. The molecule has 5 heteroatoms. The smallest absolute Gasteiger partial charge is 0.309 e. The molecule has 12 heavy (non-hydrogen) atoms. The highest BCUT2D eigenvalue weighted by Crippen LogP contribution is 2.57. The van der Waals surface area contributed by atoms with Crippen LogP contribution in [-0.4, -0.2) is 23.9 Å². The normalized spacial score (nSPS) is 17.4. The summed E-state index contributed by atoms with van der Waals surface area (Å²) in [6.45, 7) is 4.66. The van der Waals surface area contributed by atoms with Crippen LogP contribution in [0.4, 0.5) is 0 Å². The number of hydrogen-bond donors (Lipinski definition) is 0. The van der Waals surface area contributed by atoms with Gasteiger partial charge in [-0.25, -0.2) is 4.67 Å². The molecule has 0 radical (unpaired) electrons. The molecular formula is C7H17ClNO2P. The lowest BCUT2D eigenvalue weighted by Crippen LogP contribution is -2.33. The maximum atomic E-state index is 11.6. The molecule has 0 aliphatic rings. The lowest BCUT2D eigenvalue weighted by Gasteiger charge is -2.32. The van der Waals surface area contributed by atoms with Gasteiger partial charge < -0.3 is 4.52 Å². The summed E-state index contributed by atoms with van der Waals surface area (Å²) in [6, 6.07) is 0.238. The van der Waals surface area contributed by atoms with Gasteiger partial charge in [0, 0.05) is 19.2 Å². The van der Waals surface area contributed by atoms with Crippen LogP contribution in [0.2, 0.25) is 0 Å². The Balaban J connectivity index is 4.63. The van der Waals surface area contributed by atoms with Gasteiger partial charge in [-0.1, -0.05) is 0 Å². The summed E-state index contributed by atoms with van der Waals surface area (Å²) in [7, 11) is 1.37. The standard InChI is InChI=1S/C7H17ClNO2P/c1-6(2)9(7(3)4)12(8,10)11-5/h6-7H,1-5H3. The molecule has 0 aromatic rings. The van der Waals surface area contributed by atoms with Crippen molar-refractivity contribution in [2.75, 3.05) is 7.11 Å². The van der Waals surface area contributed by atoms with E-state index in [9.17, 15) is 4.57 Å². The maximum Gasteiger partial charge on any atom is 0.363 e. The highest BCUT2D eigenvalue weighted by Gasteiger charge is 2.32. The fourth-order valence-corrected chi connectivity index (χ4v) is 3.58. The molecule has 74 valence electrons. The van der Waals surface area contributed by atoms with Gasteiger partial charge in [-0.3, -0.25) is 4.57 Å². The first-order chi connectivity index (χ1) is 5.33. The zero-order valence-corrected chi connectivity index (χ0v) is 9.89. The summed E-state index contributed by atoms with van der Waals surface area (Å²) >= 11 is 5.74. The second kappa shape index (κ2) is 4.61. The largest absolute Gasteiger partial charge is 0.363 e. The molecule has 0 bridgehead atoms. The van der Waals surface area contributed by atoms with Crippen LogP contribution in [0.1, 0.15) is 27.7 Å². The summed E-state index contributed by atoms with van der Waals surface area (Å²) in [5.41, 5.74) is 0. The van der Waals surface area contributed by atoms with Crippen molar-refractivity contribution >= 4 is 18.1 Å². The van der Waals surface area contributed by atoms with Gasteiger partial charge >= 0.3 is 6.87 Å². The molecule has 0 saturated carbocycles. The Morgan fingerprint density at radius 3 is 1.67 bits per heavy atom. The first kappa shape index (κ1) is 12.4. The van der Waals surface area contributed by atoms with Crippen molar-refractivity contribution in [2.24, 2.45) is 0 Å². The molecule has 3 nitrogen and oxygen atoms in total. The van der Waals surface area contributed by atoms with Crippen LogP contribution in [0, 0.1) is 0 Å². The molecule has 0 aliphatic heterocycles. The molecule has 0 aliphatic carbocycles. The molecule has 0 saturated heterocycles. The maximum absolute atomic E-state index is 11.6. The van der Waals surface area contributed by atoms with Gasteiger partial charge in [0.2, 0.25) is 0 Å². The molecule has 0 aromatic carbocycles. The molecule has 1 unspecified atom stereocenters. The SMILES string of the molecule is COP(=O)(Cl)N(C(C)C)C(C)C. The van der Waals surface area contributed by atoms with Crippen molar-refractivity contribution < 1.29 is 9.09 Å². The Kier molecular flexibility index (Phi) is 4.78. The minimum absolute atomic E-state index is 0.119. The van der Waals surface area contributed by atoms with E-state index in [2.05, 4.69) is 0 Å². The molecule has 1 atom stereocenters. The third-order valence-corrected chi connectivity index (χ3v) is 4.42. The molecular weight excluding hydrogens is 197 g/mol. The zero-order valence-electron chi connectivity index (χ0n) is 8.24. The summed E-state index contributed by atoms with van der Waals surface area (Å²) in [5.74, 6) is 0. The Hall–Kier alpha value is 0.440. The monoisotopic (exact) mass is 213 g/mol. The Morgan fingerprint density at radius 2 is 1.58 bits per heavy atom. The topological polar surface area (TPSA) is 29.5 Å². The van der Waals surface area contributed by atoms with E-state index in [1.165, 1.54) is 7.11 Å². The fourth-order valence-electron chi connectivity index (χ4n) is 1.24. The first-order valence-electron chi connectivity index (χ1n) is 3.97. The van der Waals surface area contributed by atoms with E-state index in [4.69, 9.17) is 15.8 Å². The Labute approximate surface area is 79.3 Å². The lowest BCUT2D eigenvalue weighted by atomic mass is 10.3. The quantitative estimate of drug-likeness (QED) is 0.672. The molecule has 0 amide bonds. The predicted molar refractivity (Wildman–Crippen MR) is 52.6 cm³/mol. The van der Waals surface area contributed by atoms with E-state index >= 15 is 0 Å². The lowest BCUT2D eigenvalue weighted by molar-refractivity contribution is 0.254. The van der Waals surface area contributed by atoms with E-state index in [0.717, 1.165) is 0 Å². The fraction of sp³-hybridized carbons (Fsp3) is 1.00. The van der Waals surface area contributed by atoms with Crippen LogP contribution < -0.4 is 0 Å². The van der Waals surface area contributed by atoms with Crippen molar-refractivity contribution in [3.63, 3.8) is 0 Å². The van der Waals surface area contributed by atoms with Crippen LogP contribution in [0.15, 0.2) is 0 Å². The third kappa shape index (κ3) is 3.06. The second-order valence-corrected chi connectivity index (χ2v) is 6.21. The van der Waals surface area contributed by atoms with E-state index in [1.54, 1.807) is 4.67 Å². The Bertz CT molecular complexity index is 176. The van der Waals surface area contributed by atoms with Gasteiger partial charge in [0.15, 0.2) is 0 Å². The van der Waals surface area contributed by atoms with Crippen LogP contribution in [0.3, 0.4) is 0 Å². The van der Waals surface area contributed by atoms with Crippen LogP contribution >= 0.6 is 18.1 Å². The number of nitrogens with zero attached hydrogens (tertiary/aromatic N) is 1. The van der Waals surface area contributed by atoms with Crippen molar-refractivity contribution in [3.05, 3.63) is 0 Å². The summed E-state index contributed by atoms with van der Waals surface area (Å²) in [6.07, 6.45) is 0. The average molecular weight is 214 g/mol. The summed E-state index contributed by atoms with van der Waals surface area (Å²) in [5, 5.41) is 0. The minimum Gasteiger partial charge on any atom is -0.309 e. The van der Waals surface area contributed by atoms with Gasteiger partial charge in [-0.05, 0) is 38.9 Å². The van der Waals surface area contributed by atoms with Crippen molar-refractivity contribution in [3.8, 4) is 0 Å². The van der Waals surface area contributed by atoms with Gasteiger partial charge in [0.1, 0.15) is 0 Å². The number of halogens is 1. The molecule has 0 fully saturated rings. The van der Waals surface area contributed by atoms with E-state index in [1.807, 2.05) is 27.7 Å². The van der Waals surface area contributed by atoms with Gasteiger partial charge in [0.25, 0.3) is 0 Å². The highest BCUT2D eigenvalue weighted by molar-refractivity contribution is 7.83. The Morgan fingerprint density at radius 1 is 1.25 bits per heavy atom. The second-order valence-electron chi connectivity index (χ2n) is 3.20. The van der Waals surface area contributed by atoms with Crippen molar-refractivity contribution in [1.82, 2.24) is 4.67 Å². The van der Waals surface area contributed by atoms with Crippen LogP contribution in [-0.2, 0) is 9.09 Å². The van der Waals surface area contributed by atoms with Crippen LogP contribution in [0.5, 0.6) is 0 Å². The zero-order chi connectivity index (χ0) is 9.94. The van der Waals surface area contributed by atoms with E-state index in [0.29, 0.717) is 0 Å². The van der Waals surface area contributed by atoms with Gasteiger partial charge in [-0.2, -0.15) is 0 Å². The highest BCUT2D eigenvalue weighted by atomic mass is 35.7. The van der Waals surface area contributed by atoms with Crippen molar-refractivity contribution in [1.29, 1.82) is 0 Å². The first-order valence-corrected chi connectivity index (χ1v) is 6.45. The number of rotatable bonds is 4. The molecule has 0 N–H and O–H groups in total. The van der Waals surface area contributed by atoms with Gasteiger partial charge in [0.05, 0.1) is 0 Å². The predicted octanol–water partition coefficient (Wildman–Crippen LogP) is 3.10. The summed E-state index contributed by atoms with van der Waals surface area (Å²) in [4.78, 5) is 0. The average Bonchev–Trinajstić information content (AvgIpc) is 1.84.